The van der Waals surface area contributed by atoms with Gasteiger partial charge in [-0.05, 0) is 30.7 Å². The first-order chi connectivity index (χ1) is 10.5. The van der Waals surface area contributed by atoms with Gasteiger partial charge in [-0.3, -0.25) is 0 Å². The van der Waals surface area contributed by atoms with E-state index in [-0.39, 0.29) is 11.3 Å². The van der Waals surface area contributed by atoms with Crippen molar-refractivity contribution >= 4 is 23.4 Å². The van der Waals surface area contributed by atoms with Crippen molar-refractivity contribution in [2.45, 2.75) is 6.92 Å². The molecule has 2 aromatic rings. The zero-order chi connectivity index (χ0) is 16.1. The van der Waals surface area contributed by atoms with E-state index in [0.717, 1.165) is 0 Å². The average molecular weight is 300 g/mol. The highest BCUT2D eigenvalue weighted by molar-refractivity contribution is 6.05. The maximum Gasteiger partial charge on any atom is 0.337 e. The maximum atomic E-state index is 12.1. The zero-order valence-corrected chi connectivity index (χ0v) is 12.2. The predicted molar refractivity (Wildman–Crippen MR) is 83.8 cm³/mol. The summed E-state index contributed by atoms with van der Waals surface area (Å²) in [6.07, 6.45) is 0. The van der Waals surface area contributed by atoms with Crippen LogP contribution >= 0.6 is 0 Å². The minimum absolute atomic E-state index is 0.0372. The quantitative estimate of drug-likeness (QED) is 0.808. The molecule has 0 atom stereocenters. The molecule has 6 heteroatoms. The van der Waals surface area contributed by atoms with Crippen molar-refractivity contribution in [3.63, 3.8) is 0 Å². The molecule has 0 unspecified atom stereocenters. The summed E-state index contributed by atoms with van der Waals surface area (Å²) in [7, 11) is 1.50. The number of benzene rings is 2. The van der Waals surface area contributed by atoms with Crippen LogP contribution in [0.1, 0.15) is 15.9 Å². The van der Waals surface area contributed by atoms with Gasteiger partial charge in [-0.25, -0.2) is 9.59 Å². The van der Waals surface area contributed by atoms with Gasteiger partial charge in [0.25, 0.3) is 0 Å². The summed E-state index contributed by atoms with van der Waals surface area (Å²) in [5.41, 5.74) is 1.46. The number of aryl methyl sites for hydroxylation is 1. The number of hydrogen-bond donors (Lipinski definition) is 3. The topological polar surface area (TPSA) is 87.7 Å². The Morgan fingerprint density at radius 2 is 1.77 bits per heavy atom. The van der Waals surface area contributed by atoms with Crippen LogP contribution in [0.4, 0.5) is 16.2 Å². The van der Waals surface area contributed by atoms with Gasteiger partial charge in [-0.15, -0.1) is 0 Å². The molecule has 3 N–H and O–H groups in total. The summed E-state index contributed by atoms with van der Waals surface area (Å²) >= 11 is 0. The number of methoxy groups -OCH3 is 1. The van der Waals surface area contributed by atoms with E-state index in [1.54, 1.807) is 43.3 Å². The summed E-state index contributed by atoms with van der Waals surface area (Å²) in [6.45, 7) is 1.73. The smallest absolute Gasteiger partial charge is 0.337 e. The van der Waals surface area contributed by atoms with Crippen molar-refractivity contribution in [2.75, 3.05) is 17.7 Å². The highest BCUT2D eigenvalue weighted by Gasteiger charge is 2.15. The molecule has 2 amide bonds. The van der Waals surface area contributed by atoms with Gasteiger partial charge in [0, 0.05) is 0 Å². The molecule has 0 heterocycles. The van der Waals surface area contributed by atoms with Crippen molar-refractivity contribution in [3.8, 4) is 5.75 Å². The van der Waals surface area contributed by atoms with E-state index >= 15 is 0 Å². The van der Waals surface area contributed by atoms with Crippen LogP contribution in [0.15, 0.2) is 42.5 Å². The summed E-state index contributed by atoms with van der Waals surface area (Å²) in [4.78, 5) is 23.3. The third-order valence-electron chi connectivity index (χ3n) is 3.10. The summed E-state index contributed by atoms with van der Waals surface area (Å²) < 4.78 is 5.15. The molecule has 0 saturated carbocycles. The largest absolute Gasteiger partial charge is 0.495 e. The molecular formula is C16H16N2O4. The molecule has 0 aliphatic carbocycles. The van der Waals surface area contributed by atoms with E-state index < -0.39 is 12.0 Å². The minimum Gasteiger partial charge on any atom is -0.495 e. The molecular weight excluding hydrogens is 284 g/mol. The number of para-hydroxylation sites is 3. The molecule has 0 fully saturated rings. The van der Waals surface area contributed by atoms with Crippen LogP contribution in [0.5, 0.6) is 5.75 Å². The summed E-state index contributed by atoms with van der Waals surface area (Å²) in [6, 6.07) is 11.2. The van der Waals surface area contributed by atoms with Gasteiger partial charge in [0.2, 0.25) is 0 Å². The van der Waals surface area contributed by atoms with E-state index in [4.69, 9.17) is 4.74 Å². The fourth-order valence-corrected chi connectivity index (χ4v) is 2.03. The van der Waals surface area contributed by atoms with Crippen LogP contribution in [0.25, 0.3) is 0 Å². The first-order valence-electron chi connectivity index (χ1n) is 6.57. The molecule has 0 saturated heterocycles. The van der Waals surface area contributed by atoms with Crippen LogP contribution in [0.2, 0.25) is 0 Å². The van der Waals surface area contributed by atoms with Crippen LogP contribution < -0.4 is 15.4 Å². The lowest BCUT2D eigenvalue weighted by Gasteiger charge is -2.14. The lowest BCUT2D eigenvalue weighted by Crippen LogP contribution is -2.22. The van der Waals surface area contributed by atoms with E-state index in [1.807, 2.05) is 0 Å². The number of carboxylic acid groups (broad SMARTS) is 1. The molecule has 0 aromatic heterocycles. The van der Waals surface area contributed by atoms with Gasteiger partial charge in [-0.2, -0.15) is 0 Å². The third-order valence-corrected chi connectivity index (χ3v) is 3.10. The highest BCUT2D eigenvalue weighted by Crippen LogP contribution is 2.24. The van der Waals surface area contributed by atoms with E-state index in [0.29, 0.717) is 17.0 Å². The Morgan fingerprint density at radius 3 is 2.45 bits per heavy atom. The molecule has 0 bridgehead atoms. The van der Waals surface area contributed by atoms with E-state index in [9.17, 15) is 14.7 Å². The van der Waals surface area contributed by atoms with E-state index in [1.165, 1.54) is 13.2 Å². The van der Waals surface area contributed by atoms with Crippen molar-refractivity contribution in [3.05, 3.63) is 53.6 Å². The summed E-state index contributed by atoms with van der Waals surface area (Å²) in [5, 5.41) is 14.4. The molecule has 0 aliphatic heterocycles. The number of amides is 2. The van der Waals surface area contributed by atoms with E-state index in [2.05, 4.69) is 10.6 Å². The van der Waals surface area contributed by atoms with Crippen LogP contribution in [-0.4, -0.2) is 24.2 Å². The number of hydrogen-bond acceptors (Lipinski definition) is 3. The van der Waals surface area contributed by atoms with Crippen LogP contribution in [-0.2, 0) is 0 Å². The average Bonchev–Trinajstić information content (AvgIpc) is 2.49. The van der Waals surface area contributed by atoms with Crippen molar-refractivity contribution in [2.24, 2.45) is 0 Å². The molecule has 0 spiro atoms. The Hall–Kier alpha value is -3.02. The predicted octanol–water partition coefficient (Wildman–Crippen LogP) is 3.35. The number of urea groups is 1. The van der Waals surface area contributed by atoms with Gasteiger partial charge < -0.3 is 20.5 Å². The Morgan fingerprint density at radius 1 is 1.05 bits per heavy atom. The van der Waals surface area contributed by atoms with Crippen LogP contribution in [0.3, 0.4) is 0 Å². The van der Waals surface area contributed by atoms with Crippen molar-refractivity contribution in [1.29, 1.82) is 0 Å². The van der Waals surface area contributed by atoms with Crippen LogP contribution in [0, 0.1) is 6.92 Å². The fraction of sp³-hybridized carbons (Fsp3) is 0.125. The fourth-order valence-electron chi connectivity index (χ4n) is 2.03. The molecule has 6 nitrogen and oxygen atoms in total. The molecule has 2 aromatic carbocycles. The Bertz CT molecular complexity index is 713. The molecule has 2 rings (SSSR count). The number of carbonyl (C=O) groups is 2. The second kappa shape index (κ2) is 6.62. The number of carbonyl (C=O) groups excluding carboxylic acids is 1. The maximum absolute atomic E-state index is 12.1. The first kappa shape index (κ1) is 15.4. The number of ether oxygens (including phenoxy) is 1. The third kappa shape index (κ3) is 3.35. The zero-order valence-electron chi connectivity index (χ0n) is 12.2. The standard InChI is InChI=1S/C16H16N2O4/c1-10-6-5-7-11(15(19)20)14(10)18-16(21)17-12-8-3-4-9-13(12)22-2/h3-9H,1-2H3,(H,19,20)(H2,17,18,21). The second-order valence-electron chi connectivity index (χ2n) is 4.58. The Labute approximate surface area is 127 Å². The number of carboxylic acids is 1. The molecule has 22 heavy (non-hydrogen) atoms. The number of rotatable bonds is 4. The van der Waals surface area contributed by atoms with Crippen molar-refractivity contribution < 1.29 is 19.4 Å². The SMILES string of the molecule is COc1ccccc1NC(=O)Nc1c(C)cccc1C(=O)O. The summed E-state index contributed by atoms with van der Waals surface area (Å²) in [5.74, 6) is -0.586. The lowest BCUT2D eigenvalue weighted by atomic mass is 10.1. The Kier molecular flexibility index (Phi) is 4.63. The minimum atomic E-state index is -1.10. The molecule has 114 valence electrons. The van der Waals surface area contributed by atoms with Gasteiger partial charge in [0.05, 0.1) is 24.0 Å². The monoisotopic (exact) mass is 300 g/mol. The number of aromatic carboxylic acids is 1. The van der Waals surface area contributed by atoms with Gasteiger partial charge in [-0.1, -0.05) is 24.3 Å². The Balaban J connectivity index is 2.21. The van der Waals surface area contributed by atoms with Gasteiger partial charge >= 0.3 is 12.0 Å². The number of anilines is 2. The lowest BCUT2D eigenvalue weighted by molar-refractivity contribution is 0.0698. The first-order valence-corrected chi connectivity index (χ1v) is 6.57. The van der Waals surface area contributed by atoms with Gasteiger partial charge in [0.15, 0.2) is 0 Å². The second-order valence-corrected chi connectivity index (χ2v) is 4.58. The molecule has 0 radical (unpaired) electrons. The van der Waals surface area contributed by atoms with Crippen molar-refractivity contribution in [1.82, 2.24) is 0 Å². The molecule has 0 aliphatic rings. The normalized spacial score (nSPS) is 9.91. The number of nitrogens with one attached hydrogen (secondary N) is 2. The van der Waals surface area contributed by atoms with Gasteiger partial charge in [0.1, 0.15) is 5.75 Å². The highest BCUT2D eigenvalue weighted by atomic mass is 16.5.